The van der Waals surface area contributed by atoms with Gasteiger partial charge in [0.15, 0.2) is 5.69 Å². The zero-order valence-electron chi connectivity index (χ0n) is 22.3. The monoisotopic (exact) mass is 594 g/mol. The van der Waals surface area contributed by atoms with Crippen LogP contribution in [0.2, 0.25) is 0 Å². The highest BCUT2D eigenvalue weighted by Crippen LogP contribution is 2.25. The van der Waals surface area contributed by atoms with Crippen LogP contribution in [0.4, 0.5) is 27.6 Å². The van der Waals surface area contributed by atoms with Crippen LogP contribution < -0.4 is 10.1 Å². The van der Waals surface area contributed by atoms with Crippen LogP contribution in [0, 0.1) is 11.6 Å². The van der Waals surface area contributed by atoms with Gasteiger partial charge in [-0.05, 0) is 37.1 Å². The number of carbonyl (C=O) groups is 4. The van der Waals surface area contributed by atoms with Gasteiger partial charge in [-0.3, -0.25) is 14.4 Å². The molecule has 2 aromatic carbocycles. The Hall–Kier alpha value is -4.20. The first kappa shape index (κ1) is 30.8. The third kappa shape index (κ3) is 7.16. The van der Waals surface area contributed by atoms with Crippen molar-refractivity contribution in [3.8, 4) is 0 Å². The average Bonchev–Trinajstić information content (AvgIpc) is 2.95. The number of Topliss-reactive ketones (excluding diaryl/α,β-unsaturated/α-hetero) is 1. The Labute approximate surface area is 237 Å². The minimum atomic E-state index is -5.19. The van der Waals surface area contributed by atoms with E-state index in [1.165, 1.54) is 41.7 Å². The molecule has 0 bridgehead atoms. The molecule has 14 heteroatoms. The Kier molecular flexibility index (Phi) is 9.34. The number of amides is 2. The predicted octanol–water partition coefficient (Wildman–Crippen LogP) is 1.78. The van der Waals surface area contributed by atoms with Gasteiger partial charge in [0.05, 0.1) is 11.1 Å². The molecule has 1 atom stereocenters. The molecule has 9 nitrogen and oxygen atoms in total. The Morgan fingerprint density at radius 2 is 1.69 bits per heavy atom. The number of fused-ring (bicyclic) bond motifs is 1. The fraction of sp³-hybridized carbons (Fsp3) is 0.393. The van der Waals surface area contributed by atoms with E-state index in [4.69, 9.17) is 9.90 Å². The number of carboxylic acid groups (broad SMARTS) is 1. The van der Waals surface area contributed by atoms with Crippen molar-refractivity contribution in [1.82, 2.24) is 9.80 Å². The average molecular weight is 595 g/mol. The Morgan fingerprint density at radius 3 is 2.33 bits per heavy atom. The van der Waals surface area contributed by atoms with Gasteiger partial charge >= 0.3 is 6.18 Å². The summed E-state index contributed by atoms with van der Waals surface area (Å²) in [6.45, 7) is 1.01. The lowest BCUT2D eigenvalue weighted by Gasteiger charge is -2.40. The number of quaternary nitrogens is 1. The molecule has 1 unspecified atom stereocenters. The highest BCUT2D eigenvalue weighted by Gasteiger charge is 2.34. The number of hydrogen-bond donors (Lipinski definition) is 1. The minimum Gasteiger partial charge on any atom is -0.542 e. The third-order valence-corrected chi connectivity index (χ3v) is 7.32. The molecule has 2 heterocycles. The highest BCUT2D eigenvalue weighted by molar-refractivity contribution is 6.36. The summed E-state index contributed by atoms with van der Waals surface area (Å²) in [6, 6.07) is 8.43. The molecule has 42 heavy (non-hydrogen) atoms. The van der Waals surface area contributed by atoms with Gasteiger partial charge in [-0.2, -0.15) is 18.2 Å². The standard InChI is InChI=1S/C26H26F2N4O3.C2HF3O2/c27-18-7-9-23-21(13-18)24(33)14-29-32(23)15-17-6-8-22(28)20(12-17)26(35)30-10-11-31(25(34)16-30)19-4-2-1-3-5-19;3-2(4,5)1(6)7/h6-9,12-14,19H,1-5,10-11,15-16H2;(H,6,7). The summed E-state index contributed by atoms with van der Waals surface area (Å²) in [4.78, 5) is 50.1. The first-order chi connectivity index (χ1) is 19.8. The largest absolute Gasteiger partial charge is 0.542 e. The molecule has 1 saturated carbocycles. The van der Waals surface area contributed by atoms with Gasteiger partial charge in [-0.1, -0.05) is 30.4 Å². The molecule has 1 N–H and O–H groups in total. The number of halogens is 5. The van der Waals surface area contributed by atoms with Gasteiger partial charge in [-0.15, -0.1) is 0 Å². The second-order valence-corrected chi connectivity index (χ2v) is 10.1. The van der Waals surface area contributed by atoms with Crippen molar-refractivity contribution < 1.29 is 51.2 Å². The smallest absolute Gasteiger partial charge is 0.430 e. The van der Waals surface area contributed by atoms with Crippen molar-refractivity contribution in [2.45, 2.75) is 50.9 Å². The van der Waals surface area contributed by atoms with Crippen molar-refractivity contribution in [3.63, 3.8) is 0 Å². The second-order valence-electron chi connectivity index (χ2n) is 10.1. The van der Waals surface area contributed by atoms with E-state index in [-0.39, 0.29) is 41.9 Å². The molecular formula is C28H27F5N4O5. The lowest BCUT2D eigenvalue weighted by molar-refractivity contribution is -0.854. The normalized spacial score (nSPS) is 19.2. The molecule has 2 aliphatic heterocycles. The first-order valence-electron chi connectivity index (χ1n) is 13.2. The van der Waals surface area contributed by atoms with Gasteiger partial charge in [0, 0.05) is 30.8 Å². The Balaban J connectivity index is 0.000000517. The highest BCUT2D eigenvalue weighted by atomic mass is 19.4. The quantitative estimate of drug-likeness (QED) is 0.543. The SMILES string of the molecule is O=C([O-])C(F)(F)F.O=C1C=N[NH+](Cc2ccc(F)c(C(=O)N3CCN(C4CCCCC4)C(=O)C3)c2)c2ccc(F)cc21. The first-order valence-corrected chi connectivity index (χ1v) is 13.2. The maximum absolute atomic E-state index is 14.7. The Morgan fingerprint density at radius 1 is 1.00 bits per heavy atom. The summed E-state index contributed by atoms with van der Waals surface area (Å²) in [5.41, 5.74) is 1.26. The lowest BCUT2D eigenvalue weighted by Crippen LogP contribution is -3.02. The van der Waals surface area contributed by atoms with Crippen LogP contribution in [0.25, 0.3) is 0 Å². The second kappa shape index (κ2) is 12.8. The summed E-state index contributed by atoms with van der Waals surface area (Å²) in [6.07, 6.45) is 1.38. The number of rotatable bonds is 4. The molecule has 0 spiro atoms. The van der Waals surface area contributed by atoms with E-state index < -0.39 is 29.7 Å². The van der Waals surface area contributed by atoms with Gasteiger partial charge in [0.25, 0.3) is 5.91 Å². The summed E-state index contributed by atoms with van der Waals surface area (Å²) in [5, 5.41) is 13.5. The molecular weight excluding hydrogens is 567 g/mol. The number of piperazine rings is 1. The molecule has 0 aromatic heterocycles. The maximum Gasteiger partial charge on any atom is 0.430 e. The summed E-state index contributed by atoms with van der Waals surface area (Å²) < 4.78 is 59.9. The number of nitrogens with zero attached hydrogens (tertiary/aromatic N) is 3. The van der Waals surface area contributed by atoms with Crippen molar-refractivity contribution >= 4 is 35.5 Å². The number of alkyl halides is 3. The lowest BCUT2D eigenvalue weighted by atomic mass is 9.93. The summed E-state index contributed by atoms with van der Waals surface area (Å²) in [5.74, 6) is -5.16. The number of aliphatic carboxylic acids is 1. The Bertz CT molecular complexity index is 1410. The van der Waals surface area contributed by atoms with Crippen LogP contribution >= 0.6 is 0 Å². The number of carbonyl (C=O) groups excluding carboxylic acids is 4. The molecule has 2 aromatic rings. The van der Waals surface area contributed by atoms with Crippen molar-refractivity contribution in [1.29, 1.82) is 0 Å². The van der Waals surface area contributed by atoms with Crippen LogP contribution in [0.1, 0.15) is 58.4 Å². The molecule has 2 amide bonds. The maximum atomic E-state index is 14.7. The van der Waals surface area contributed by atoms with E-state index in [0.29, 0.717) is 29.3 Å². The molecule has 1 aliphatic carbocycles. The van der Waals surface area contributed by atoms with Crippen molar-refractivity contribution in [3.05, 3.63) is 64.7 Å². The van der Waals surface area contributed by atoms with Gasteiger partial charge in [0.2, 0.25) is 11.7 Å². The third-order valence-electron chi connectivity index (χ3n) is 7.32. The van der Waals surface area contributed by atoms with Crippen LogP contribution in [-0.4, -0.2) is 71.4 Å². The molecule has 224 valence electrons. The van der Waals surface area contributed by atoms with E-state index in [0.717, 1.165) is 31.9 Å². The number of nitrogens with one attached hydrogen (secondary N) is 1. The van der Waals surface area contributed by atoms with E-state index >= 15 is 0 Å². The number of ketones is 1. The molecule has 2 fully saturated rings. The molecule has 3 aliphatic rings. The fourth-order valence-electron chi connectivity index (χ4n) is 5.24. The fourth-order valence-corrected chi connectivity index (χ4v) is 5.24. The molecule has 0 radical (unpaired) electrons. The minimum absolute atomic E-state index is 0.0538. The van der Waals surface area contributed by atoms with Crippen LogP contribution in [-0.2, 0) is 16.1 Å². The van der Waals surface area contributed by atoms with Crippen LogP contribution in [0.3, 0.4) is 0 Å². The van der Waals surface area contributed by atoms with E-state index in [1.54, 1.807) is 6.07 Å². The summed E-state index contributed by atoms with van der Waals surface area (Å²) in [7, 11) is 0. The molecule has 5 rings (SSSR count). The van der Waals surface area contributed by atoms with E-state index in [9.17, 15) is 36.3 Å². The van der Waals surface area contributed by atoms with Crippen LogP contribution in [0.15, 0.2) is 41.5 Å². The molecule has 1 saturated heterocycles. The van der Waals surface area contributed by atoms with Gasteiger partial charge in [-0.25, -0.2) is 8.78 Å². The number of benzene rings is 2. The number of carboxylic acids is 1. The topological polar surface area (TPSA) is 115 Å². The predicted molar refractivity (Wildman–Crippen MR) is 136 cm³/mol. The van der Waals surface area contributed by atoms with Crippen molar-refractivity contribution in [2.75, 3.05) is 19.6 Å². The zero-order valence-corrected chi connectivity index (χ0v) is 22.3. The van der Waals surface area contributed by atoms with Crippen LogP contribution in [0.5, 0.6) is 0 Å². The number of hydrogen-bond acceptors (Lipinski definition) is 6. The summed E-state index contributed by atoms with van der Waals surface area (Å²) >= 11 is 0. The van der Waals surface area contributed by atoms with Gasteiger partial charge < -0.3 is 19.7 Å². The zero-order chi connectivity index (χ0) is 30.6. The van der Waals surface area contributed by atoms with E-state index in [1.807, 2.05) is 4.90 Å². The van der Waals surface area contributed by atoms with Gasteiger partial charge in [0.1, 0.15) is 36.9 Å². The van der Waals surface area contributed by atoms with E-state index in [2.05, 4.69) is 5.10 Å². The van der Waals surface area contributed by atoms with Crippen molar-refractivity contribution in [2.24, 2.45) is 5.10 Å².